The number of nitrogens with one attached hydrogen (secondary N) is 1. The first-order chi connectivity index (χ1) is 10.8. The van der Waals surface area contributed by atoms with Gasteiger partial charge in [-0.25, -0.2) is 4.39 Å². The zero-order valence-electron chi connectivity index (χ0n) is 12.4. The van der Waals surface area contributed by atoms with E-state index in [0.29, 0.717) is 5.56 Å². The van der Waals surface area contributed by atoms with Crippen LogP contribution in [-0.4, -0.2) is 30.8 Å². The molecule has 0 spiro atoms. The molecule has 2 aromatic carbocycles. The summed E-state index contributed by atoms with van der Waals surface area (Å²) in [7, 11) is 3.22. The Morgan fingerprint density at radius 1 is 1.09 bits per heavy atom. The molecule has 0 unspecified atom stereocenters. The molecule has 0 saturated carbocycles. The Hall–Kier alpha value is -2.11. The smallest absolute Gasteiger partial charge is 0.258 e. The quantitative estimate of drug-likeness (QED) is 0.902. The number of carbonyl (C=O) groups excluding carboxylic acids is 2. The van der Waals surface area contributed by atoms with Crippen molar-refractivity contribution >= 4 is 40.7 Å². The summed E-state index contributed by atoms with van der Waals surface area (Å²) in [6, 6.07) is 8.21. The minimum Gasteiger partial charge on any atom is -0.345 e. The van der Waals surface area contributed by atoms with E-state index in [9.17, 15) is 14.0 Å². The second-order valence-electron chi connectivity index (χ2n) is 4.97. The minimum atomic E-state index is -0.744. The first kappa shape index (κ1) is 17.2. The van der Waals surface area contributed by atoms with E-state index in [1.54, 1.807) is 20.2 Å². The fourth-order valence-corrected chi connectivity index (χ4v) is 2.20. The van der Waals surface area contributed by atoms with Crippen LogP contribution in [0.4, 0.5) is 10.1 Å². The van der Waals surface area contributed by atoms with Crippen molar-refractivity contribution in [3.63, 3.8) is 0 Å². The third-order valence-corrected chi connectivity index (χ3v) is 3.61. The van der Waals surface area contributed by atoms with Crippen LogP contribution in [0.3, 0.4) is 0 Å². The fraction of sp³-hybridized carbons (Fsp3) is 0.125. The number of anilines is 1. The highest BCUT2D eigenvalue weighted by molar-refractivity contribution is 6.34. The fourth-order valence-electron chi connectivity index (χ4n) is 1.88. The van der Waals surface area contributed by atoms with E-state index < -0.39 is 11.7 Å². The second-order valence-corrected chi connectivity index (χ2v) is 5.82. The van der Waals surface area contributed by atoms with Crippen molar-refractivity contribution in [2.45, 2.75) is 0 Å². The molecule has 0 aliphatic carbocycles. The molecular weight excluding hydrogens is 342 g/mol. The Bertz CT molecular complexity index is 779. The number of benzene rings is 2. The van der Waals surface area contributed by atoms with Crippen molar-refractivity contribution in [3.8, 4) is 0 Å². The van der Waals surface area contributed by atoms with Gasteiger partial charge in [0.25, 0.3) is 11.8 Å². The first-order valence-corrected chi connectivity index (χ1v) is 7.33. The van der Waals surface area contributed by atoms with Crippen molar-refractivity contribution in [3.05, 3.63) is 63.4 Å². The summed E-state index contributed by atoms with van der Waals surface area (Å²) in [6.45, 7) is 0. The predicted octanol–water partition coefficient (Wildman–Crippen LogP) is 4.09. The van der Waals surface area contributed by atoms with Gasteiger partial charge in [-0.05, 0) is 36.4 Å². The van der Waals surface area contributed by atoms with Gasteiger partial charge in [-0.3, -0.25) is 9.59 Å². The maximum absolute atomic E-state index is 13.8. The standard InChI is InChI=1S/C16H13Cl2FN2O2/c1-21(2)16(23)9-3-6-12(18)14(7-9)20-15(22)11-5-4-10(17)8-13(11)19/h3-8H,1-2H3,(H,20,22). The van der Waals surface area contributed by atoms with Crippen molar-refractivity contribution in [1.29, 1.82) is 0 Å². The third-order valence-electron chi connectivity index (χ3n) is 3.04. The maximum Gasteiger partial charge on any atom is 0.258 e. The number of hydrogen-bond acceptors (Lipinski definition) is 2. The van der Waals surface area contributed by atoms with Crippen molar-refractivity contribution in [2.24, 2.45) is 0 Å². The highest BCUT2D eigenvalue weighted by atomic mass is 35.5. The first-order valence-electron chi connectivity index (χ1n) is 6.57. The predicted molar refractivity (Wildman–Crippen MR) is 88.8 cm³/mol. The molecule has 7 heteroatoms. The molecule has 0 heterocycles. The van der Waals surface area contributed by atoms with Gasteiger partial charge in [-0.1, -0.05) is 23.2 Å². The summed E-state index contributed by atoms with van der Waals surface area (Å²) in [5.74, 6) is -1.67. The normalized spacial score (nSPS) is 10.3. The lowest BCUT2D eigenvalue weighted by Gasteiger charge is -2.13. The van der Waals surface area contributed by atoms with Crippen LogP contribution in [0.5, 0.6) is 0 Å². The average molecular weight is 355 g/mol. The highest BCUT2D eigenvalue weighted by Crippen LogP contribution is 2.25. The van der Waals surface area contributed by atoms with Crippen LogP contribution in [0.2, 0.25) is 10.0 Å². The Kier molecular flexibility index (Phi) is 5.23. The minimum absolute atomic E-state index is 0.171. The Morgan fingerprint density at radius 3 is 2.39 bits per heavy atom. The molecule has 0 aromatic heterocycles. The lowest BCUT2D eigenvalue weighted by molar-refractivity contribution is 0.0827. The monoisotopic (exact) mass is 354 g/mol. The van der Waals surface area contributed by atoms with E-state index in [1.165, 1.54) is 29.2 Å². The second kappa shape index (κ2) is 6.98. The summed E-state index contributed by atoms with van der Waals surface area (Å²) in [5.41, 5.74) is 0.403. The van der Waals surface area contributed by atoms with Gasteiger partial charge in [0.15, 0.2) is 0 Å². The molecule has 2 amide bonds. The van der Waals surface area contributed by atoms with Crippen molar-refractivity contribution in [2.75, 3.05) is 19.4 Å². The summed E-state index contributed by atoms with van der Waals surface area (Å²) >= 11 is 11.7. The molecule has 0 saturated heterocycles. The molecule has 2 aromatic rings. The van der Waals surface area contributed by atoms with E-state index >= 15 is 0 Å². The summed E-state index contributed by atoms with van der Waals surface area (Å²) in [4.78, 5) is 25.5. The molecule has 0 radical (unpaired) electrons. The van der Waals surface area contributed by atoms with Crippen LogP contribution in [0.25, 0.3) is 0 Å². The van der Waals surface area contributed by atoms with Crippen LogP contribution >= 0.6 is 23.2 Å². The van der Waals surface area contributed by atoms with E-state index in [4.69, 9.17) is 23.2 Å². The molecule has 0 bridgehead atoms. The topological polar surface area (TPSA) is 49.4 Å². The van der Waals surface area contributed by atoms with Gasteiger partial charge in [0, 0.05) is 24.7 Å². The third kappa shape index (κ3) is 4.00. The lowest BCUT2D eigenvalue weighted by atomic mass is 10.1. The largest absolute Gasteiger partial charge is 0.345 e. The van der Waals surface area contributed by atoms with Gasteiger partial charge in [-0.15, -0.1) is 0 Å². The molecule has 0 aliphatic rings. The molecule has 4 nitrogen and oxygen atoms in total. The van der Waals surface area contributed by atoms with Crippen molar-refractivity contribution in [1.82, 2.24) is 4.90 Å². The summed E-state index contributed by atoms with van der Waals surface area (Å²) in [5, 5.41) is 2.93. The van der Waals surface area contributed by atoms with Gasteiger partial charge in [0.1, 0.15) is 5.82 Å². The van der Waals surface area contributed by atoms with Gasteiger partial charge in [0.2, 0.25) is 0 Å². The lowest BCUT2D eigenvalue weighted by Crippen LogP contribution is -2.22. The number of nitrogens with zero attached hydrogens (tertiary/aromatic N) is 1. The molecular formula is C16H13Cl2FN2O2. The molecule has 23 heavy (non-hydrogen) atoms. The van der Waals surface area contributed by atoms with Gasteiger partial charge >= 0.3 is 0 Å². The van der Waals surface area contributed by atoms with E-state index in [2.05, 4.69) is 5.32 Å². The van der Waals surface area contributed by atoms with E-state index in [0.717, 1.165) is 6.07 Å². The highest BCUT2D eigenvalue weighted by Gasteiger charge is 2.16. The summed E-state index contributed by atoms with van der Waals surface area (Å²) < 4.78 is 13.8. The molecule has 0 aliphatic heterocycles. The Labute approximate surface area is 142 Å². The zero-order chi connectivity index (χ0) is 17.1. The van der Waals surface area contributed by atoms with Crippen LogP contribution < -0.4 is 5.32 Å². The molecule has 0 atom stereocenters. The van der Waals surface area contributed by atoms with Gasteiger partial charge in [0.05, 0.1) is 16.3 Å². The zero-order valence-corrected chi connectivity index (χ0v) is 13.9. The van der Waals surface area contributed by atoms with Gasteiger partial charge < -0.3 is 10.2 Å². The maximum atomic E-state index is 13.8. The number of amides is 2. The number of rotatable bonds is 3. The van der Waals surface area contributed by atoms with Crippen LogP contribution in [0.1, 0.15) is 20.7 Å². The number of hydrogen-bond donors (Lipinski definition) is 1. The Morgan fingerprint density at radius 2 is 1.78 bits per heavy atom. The number of halogens is 3. The van der Waals surface area contributed by atoms with Crippen LogP contribution in [0.15, 0.2) is 36.4 Å². The van der Waals surface area contributed by atoms with Crippen LogP contribution in [-0.2, 0) is 0 Å². The SMILES string of the molecule is CN(C)C(=O)c1ccc(Cl)c(NC(=O)c2ccc(Cl)cc2F)c1. The average Bonchev–Trinajstić information content (AvgIpc) is 2.48. The molecule has 0 fully saturated rings. The number of carbonyl (C=O) groups is 2. The van der Waals surface area contributed by atoms with E-state index in [1.807, 2.05) is 0 Å². The molecule has 2 rings (SSSR count). The van der Waals surface area contributed by atoms with Gasteiger partial charge in [-0.2, -0.15) is 0 Å². The summed E-state index contributed by atoms with van der Waals surface area (Å²) in [6.07, 6.45) is 0. The van der Waals surface area contributed by atoms with Crippen molar-refractivity contribution < 1.29 is 14.0 Å². The van der Waals surface area contributed by atoms with E-state index in [-0.39, 0.29) is 27.2 Å². The molecule has 120 valence electrons. The van der Waals surface area contributed by atoms with Crippen LogP contribution in [0, 0.1) is 5.82 Å². The molecule has 1 N–H and O–H groups in total. The Balaban J connectivity index is 2.30.